The molecule has 3 rings (SSSR count). The largest absolute Gasteiger partial charge is 0.363 e. The molecule has 1 aliphatic carbocycles. The lowest BCUT2D eigenvalue weighted by Gasteiger charge is -2.09. The molecule has 0 unspecified atom stereocenters. The van der Waals surface area contributed by atoms with E-state index in [4.69, 9.17) is 0 Å². The van der Waals surface area contributed by atoms with Crippen LogP contribution in [-0.2, 0) is 6.54 Å². The first-order valence-corrected chi connectivity index (χ1v) is 6.23. The van der Waals surface area contributed by atoms with Crippen molar-refractivity contribution < 1.29 is 8.78 Å². The maximum Gasteiger partial charge on any atom is 0.187 e. The molecule has 1 heterocycles. The van der Waals surface area contributed by atoms with Gasteiger partial charge in [-0.3, -0.25) is 0 Å². The minimum absolute atomic E-state index is 0.139. The topological polar surface area (TPSA) is 37.8 Å². The van der Waals surface area contributed by atoms with Crippen molar-refractivity contribution in [3.63, 3.8) is 0 Å². The summed E-state index contributed by atoms with van der Waals surface area (Å²) in [5.74, 6) is -0.370. The Morgan fingerprint density at radius 2 is 1.95 bits per heavy atom. The van der Waals surface area contributed by atoms with E-state index in [1.807, 2.05) is 0 Å². The number of anilines is 1. The first-order chi connectivity index (χ1) is 9.25. The fraction of sp³-hybridized carbons (Fsp3) is 0.286. The predicted octanol–water partition coefficient (Wildman–Crippen LogP) is 3.24. The summed E-state index contributed by atoms with van der Waals surface area (Å²) < 4.78 is 27.5. The third-order valence-corrected chi connectivity index (χ3v) is 3.18. The van der Waals surface area contributed by atoms with Crippen molar-refractivity contribution >= 4 is 5.82 Å². The van der Waals surface area contributed by atoms with Gasteiger partial charge in [0.2, 0.25) is 0 Å². The van der Waals surface area contributed by atoms with Gasteiger partial charge in [-0.15, -0.1) is 0 Å². The molecule has 3 nitrogen and oxygen atoms in total. The van der Waals surface area contributed by atoms with E-state index in [9.17, 15) is 8.78 Å². The molecule has 0 radical (unpaired) electrons. The highest BCUT2D eigenvalue weighted by Crippen LogP contribution is 2.40. The van der Waals surface area contributed by atoms with Crippen LogP contribution in [0.15, 0.2) is 30.6 Å². The summed E-state index contributed by atoms with van der Waals surface area (Å²) in [6.45, 7) is 0.199. The van der Waals surface area contributed by atoms with E-state index in [-0.39, 0.29) is 24.1 Å². The number of hydrogen-bond acceptors (Lipinski definition) is 3. The highest BCUT2D eigenvalue weighted by atomic mass is 19.1. The second kappa shape index (κ2) is 4.91. The first-order valence-electron chi connectivity index (χ1n) is 6.23. The third-order valence-electron chi connectivity index (χ3n) is 3.18. The molecule has 0 amide bonds. The van der Waals surface area contributed by atoms with Crippen LogP contribution in [-0.4, -0.2) is 9.97 Å². The average Bonchev–Trinajstić information content (AvgIpc) is 3.24. The zero-order valence-electron chi connectivity index (χ0n) is 10.2. The standard InChI is InChI=1S/C14H13F2N3/c15-11-4-2-1-3-10(11)7-17-14-12(16)13(9-5-6-9)18-8-19-14/h1-4,8-9H,5-7H2,(H,17,18,19). The second-order valence-corrected chi connectivity index (χ2v) is 4.64. The van der Waals surface area contributed by atoms with E-state index >= 15 is 0 Å². The molecule has 1 aliphatic rings. The maximum absolute atomic E-state index is 14.1. The molecule has 0 spiro atoms. The normalized spacial score (nSPS) is 14.4. The minimum Gasteiger partial charge on any atom is -0.363 e. The zero-order chi connectivity index (χ0) is 13.2. The van der Waals surface area contributed by atoms with Crippen LogP contribution in [0.25, 0.3) is 0 Å². The number of benzene rings is 1. The minimum atomic E-state index is -0.415. The van der Waals surface area contributed by atoms with Gasteiger partial charge in [-0.2, -0.15) is 0 Å². The lowest BCUT2D eigenvalue weighted by molar-refractivity contribution is 0.592. The molecule has 0 bridgehead atoms. The summed E-state index contributed by atoms with van der Waals surface area (Å²) in [5, 5.41) is 2.83. The Hall–Kier alpha value is -2.04. The molecular formula is C14H13F2N3. The monoisotopic (exact) mass is 261 g/mol. The highest BCUT2D eigenvalue weighted by Gasteiger charge is 2.29. The van der Waals surface area contributed by atoms with Gasteiger partial charge in [0, 0.05) is 18.0 Å². The molecule has 5 heteroatoms. The summed E-state index contributed by atoms with van der Waals surface area (Å²) in [6, 6.07) is 6.40. The molecule has 2 aromatic rings. The number of hydrogen-bond donors (Lipinski definition) is 1. The Bertz CT molecular complexity index is 597. The van der Waals surface area contributed by atoms with Crippen LogP contribution in [0.1, 0.15) is 30.0 Å². The van der Waals surface area contributed by atoms with Crippen LogP contribution < -0.4 is 5.32 Å². The Balaban J connectivity index is 1.77. The molecule has 1 saturated carbocycles. The summed E-state index contributed by atoms with van der Waals surface area (Å²) in [7, 11) is 0. The van der Waals surface area contributed by atoms with Gasteiger partial charge in [0.15, 0.2) is 11.6 Å². The van der Waals surface area contributed by atoms with Crippen molar-refractivity contribution in [2.45, 2.75) is 25.3 Å². The first kappa shape index (κ1) is 12.0. The van der Waals surface area contributed by atoms with E-state index in [0.29, 0.717) is 11.3 Å². The maximum atomic E-state index is 14.1. The van der Waals surface area contributed by atoms with Crippen LogP contribution >= 0.6 is 0 Å². The van der Waals surface area contributed by atoms with Crippen LogP contribution in [0.5, 0.6) is 0 Å². The van der Waals surface area contributed by atoms with Crippen LogP contribution in [0.2, 0.25) is 0 Å². The van der Waals surface area contributed by atoms with Gasteiger partial charge < -0.3 is 5.32 Å². The molecule has 0 aliphatic heterocycles. The smallest absolute Gasteiger partial charge is 0.187 e. The second-order valence-electron chi connectivity index (χ2n) is 4.64. The molecule has 98 valence electrons. The molecule has 1 aromatic carbocycles. The molecular weight excluding hydrogens is 248 g/mol. The molecule has 0 saturated heterocycles. The Labute approximate surface area is 109 Å². The number of aromatic nitrogens is 2. The van der Waals surface area contributed by atoms with Crippen LogP contribution in [0, 0.1) is 11.6 Å². The zero-order valence-corrected chi connectivity index (χ0v) is 10.2. The fourth-order valence-corrected chi connectivity index (χ4v) is 1.97. The van der Waals surface area contributed by atoms with E-state index in [1.165, 1.54) is 12.4 Å². The number of halogens is 2. The Morgan fingerprint density at radius 1 is 1.16 bits per heavy atom. The van der Waals surface area contributed by atoms with Crippen molar-refractivity contribution in [1.29, 1.82) is 0 Å². The molecule has 1 aromatic heterocycles. The van der Waals surface area contributed by atoms with Gasteiger partial charge in [0.25, 0.3) is 0 Å². The lowest BCUT2D eigenvalue weighted by Crippen LogP contribution is -2.07. The molecule has 1 N–H and O–H groups in total. The van der Waals surface area contributed by atoms with Gasteiger partial charge in [-0.25, -0.2) is 18.7 Å². The highest BCUT2D eigenvalue weighted by molar-refractivity contribution is 5.40. The lowest BCUT2D eigenvalue weighted by atomic mass is 10.2. The van der Waals surface area contributed by atoms with Gasteiger partial charge in [0.05, 0.1) is 5.69 Å². The van der Waals surface area contributed by atoms with E-state index < -0.39 is 5.82 Å². The van der Waals surface area contributed by atoms with E-state index in [2.05, 4.69) is 15.3 Å². The summed E-state index contributed by atoms with van der Waals surface area (Å²) >= 11 is 0. The quantitative estimate of drug-likeness (QED) is 0.918. The summed E-state index contributed by atoms with van der Waals surface area (Å²) in [6.07, 6.45) is 3.29. The van der Waals surface area contributed by atoms with Crippen molar-refractivity contribution in [3.8, 4) is 0 Å². The van der Waals surface area contributed by atoms with Crippen LogP contribution in [0.4, 0.5) is 14.6 Å². The molecule has 0 atom stereocenters. The Kier molecular flexibility index (Phi) is 3.11. The van der Waals surface area contributed by atoms with Crippen molar-refractivity contribution in [2.24, 2.45) is 0 Å². The third kappa shape index (κ3) is 2.54. The molecule has 19 heavy (non-hydrogen) atoms. The summed E-state index contributed by atoms with van der Waals surface area (Å²) in [4.78, 5) is 7.85. The summed E-state index contributed by atoms with van der Waals surface area (Å²) in [5.41, 5.74) is 0.944. The Morgan fingerprint density at radius 3 is 2.68 bits per heavy atom. The van der Waals surface area contributed by atoms with Gasteiger partial charge in [-0.05, 0) is 18.9 Å². The van der Waals surface area contributed by atoms with E-state index in [0.717, 1.165) is 12.8 Å². The number of nitrogens with one attached hydrogen (secondary N) is 1. The van der Waals surface area contributed by atoms with Crippen molar-refractivity contribution in [1.82, 2.24) is 9.97 Å². The predicted molar refractivity (Wildman–Crippen MR) is 67.7 cm³/mol. The number of nitrogens with zero attached hydrogens (tertiary/aromatic N) is 2. The van der Waals surface area contributed by atoms with Crippen molar-refractivity contribution in [2.75, 3.05) is 5.32 Å². The number of rotatable bonds is 4. The SMILES string of the molecule is Fc1ccccc1CNc1ncnc(C2CC2)c1F. The van der Waals surface area contributed by atoms with Gasteiger partial charge in [0.1, 0.15) is 12.1 Å². The van der Waals surface area contributed by atoms with E-state index in [1.54, 1.807) is 18.2 Å². The fourth-order valence-electron chi connectivity index (χ4n) is 1.97. The van der Waals surface area contributed by atoms with Crippen LogP contribution in [0.3, 0.4) is 0 Å². The van der Waals surface area contributed by atoms with Gasteiger partial charge in [-0.1, -0.05) is 18.2 Å². The average molecular weight is 261 g/mol. The molecule has 1 fully saturated rings. The van der Waals surface area contributed by atoms with Crippen molar-refractivity contribution in [3.05, 3.63) is 53.5 Å². The van der Waals surface area contributed by atoms with Gasteiger partial charge >= 0.3 is 0 Å².